The van der Waals surface area contributed by atoms with E-state index in [-0.39, 0.29) is 20.1 Å². The van der Waals surface area contributed by atoms with E-state index in [4.69, 9.17) is 4.98 Å². The fourth-order valence-electron chi connectivity index (χ4n) is 5.77. The molecule has 4 bridgehead atoms. The van der Waals surface area contributed by atoms with E-state index in [0.717, 1.165) is 23.7 Å². The van der Waals surface area contributed by atoms with Crippen LogP contribution in [0.1, 0.15) is 48.6 Å². The van der Waals surface area contributed by atoms with Gasteiger partial charge in [0.15, 0.2) is 0 Å². The average Bonchev–Trinajstić information content (AvgIpc) is 2.61. The Labute approximate surface area is 149 Å². The maximum Gasteiger partial charge on any atom is 0.0199 e. The van der Waals surface area contributed by atoms with Crippen molar-refractivity contribution in [3.05, 3.63) is 53.7 Å². The van der Waals surface area contributed by atoms with Crippen molar-refractivity contribution in [2.75, 3.05) is 0 Å². The topological polar surface area (TPSA) is 12.9 Å². The Kier molecular flexibility index (Phi) is 3.00. The molecule has 5 aliphatic carbocycles. The van der Waals surface area contributed by atoms with Crippen LogP contribution in [0.4, 0.5) is 0 Å². The minimum Gasteiger partial charge on any atom is -0.304 e. The average molecular weight is 477 g/mol. The monoisotopic (exact) mass is 477 g/mol. The third kappa shape index (κ3) is 1.74. The summed E-state index contributed by atoms with van der Waals surface area (Å²) in [5, 5.41) is 3.85. The molecule has 1 radical (unpaired) electrons. The van der Waals surface area contributed by atoms with E-state index in [0.29, 0.717) is 0 Å². The van der Waals surface area contributed by atoms with E-state index < -0.39 is 0 Å². The second-order valence-corrected chi connectivity index (χ2v) is 7.51. The normalized spacial score (nSPS) is 30.4. The molecule has 4 atom stereocenters. The first-order valence-corrected chi connectivity index (χ1v) is 8.62. The minimum absolute atomic E-state index is 0. The number of fused-ring (bicyclic) bond motifs is 4. The summed E-state index contributed by atoms with van der Waals surface area (Å²) in [6, 6.07) is 14.2. The van der Waals surface area contributed by atoms with Gasteiger partial charge in [0.2, 0.25) is 0 Å². The van der Waals surface area contributed by atoms with Crippen LogP contribution in [0.15, 0.2) is 36.5 Å². The molecule has 0 N–H and O–H groups in total. The molecule has 1 heterocycles. The number of pyridine rings is 1. The van der Waals surface area contributed by atoms with Crippen molar-refractivity contribution in [1.29, 1.82) is 0 Å². The summed E-state index contributed by atoms with van der Waals surface area (Å²) in [5.74, 6) is 3.47. The number of benzene rings is 2. The zero-order valence-electron chi connectivity index (χ0n) is 12.9. The second kappa shape index (κ2) is 4.88. The summed E-state index contributed by atoms with van der Waals surface area (Å²) in [6.07, 6.45) is 7.97. The van der Waals surface area contributed by atoms with Gasteiger partial charge >= 0.3 is 0 Å². The summed E-state index contributed by atoms with van der Waals surface area (Å²) in [7, 11) is 0. The molecule has 2 heteroatoms. The van der Waals surface area contributed by atoms with E-state index in [9.17, 15) is 0 Å². The summed E-state index contributed by atoms with van der Waals surface area (Å²) in [4.78, 5) is 4.89. The molecule has 117 valence electrons. The van der Waals surface area contributed by atoms with Crippen LogP contribution >= 0.6 is 0 Å². The molecule has 0 aliphatic heterocycles. The first-order valence-electron chi connectivity index (χ1n) is 8.62. The van der Waals surface area contributed by atoms with Gasteiger partial charge in [-0.15, -0.1) is 35.0 Å². The van der Waals surface area contributed by atoms with Crippen LogP contribution in [-0.2, 0) is 20.1 Å². The maximum absolute atomic E-state index is 4.89. The zero-order valence-corrected chi connectivity index (χ0v) is 15.3. The summed E-state index contributed by atoms with van der Waals surface area (Å²) < 4.78 is 0. The zero-order chi connectivity index (χ0) is 14.3. The Hall–Kier alpha value is -1.24. The van der Waals surface area contributed by atoms with Crippen molar-refractivity contribution in [2.45, 2.75) is 37.5 Å². The fourth-order valence-corrected chi connectivity index (χ4v) is 5.77. The SMILES string of the molecule is [Ir].[c-]1cccc2ccc3c4c(cnc3c12)C1CC2CCC1CC42. The van der Waals surface area contributed by atoms with Crippen molar-refractivity contribution >= 4 is 21.7 Å². The molecule has 2 aromatic carbocycles. The van der Waals surface area contributed by atoms with E-state index >= 15 is 0 Å². The molecule has 0 amide bonds. The first-order chi connectivity index (χ1) is 10.9. The Bertz CT molecular complexity index is 932. The van der Waals surface area contributed by atoms with Gasteiger partial charge < -0.3 is 4.98 Å². The molecule has 3 aromatic rings. The van der Waals surface area contributed by atoms with Crippen LogP contribution in [0.3, 0.4) is 0 Å². The third-order valence-corrected chi connectivity index (χ3v) is 6.67. The van der Waals surface area contributed by atoms with Crippen LogP contribution < -0.4 is 0 Å². The van der Waals surface area contributed by atoms with Crippen molar-refractivity contribution < 1.29 is 20.1 Å². The van der Waals surface area contributed by atoms with Crippen LogP contribution in [0, 0.1) is 17.9 Å². The summed E-state index contributed by atoms with van der Waals surface area (Å²) in [6.45, 7) is 0. The van der Waals surface area contributed by atoms with Crippen LogP contribution in [0.5, 0.6) is 0 Å². The Morgan fingerprint density at radius 1 is 1.00 bits per heavy atom. The predicted molar refractivity (Wildman–Crippen MR) is 89.0 cm³/mol. The fraction of sp³-hybridized carbons (Fsp3) is 0.381. The second-order valence-electron chi connectivity index (χ2n) is 7.51. The molecule has 1 aromatic heterocycles. The number of aromatic nitrogens is 1. The Morgan fingerprint density at radius 3 is 2.65 bits per heavy atom. The molecule has 23 heavy (non-hydrogen) atoms. The molecular formula is C21H18IrN-. The van der Waals surface area contributed by atoms with Crippen molar-refractivity contribution in [2.24, 2.45) is 11.8 Å². The van der Waals surface area contributed by atoms with Crippen molar-refractivity contribution in [1.82, 2.24) is 4.98 Å². The van der Waals surface area contributed by atoms with Gasteiger partial charge in [0.05, 0.1) is 0 Å². The molecule has 4 unspecified atom stereocenters. The first kappa shape index (κ1) is 14.1. The van der Waals surface area contributed by atoms with E-state index in [1.54, 1.807) is 11.1 Å². The third-order valence-electron chi connectivity index (χ3n) is 6.67. The van der Waals surface area contributed by atoms with Gasteiger partial charge in [-0.05, 0) is 71.4 Å². The number of rotatable bonds is 0. The molecule has 3 fully saturated rings. The van der Waals surface area contributed by atoms with Crippen LogP contribution in [0.25, 0.3) is 21.7 Å². The number of hydrogen-bond acceptors (Lipinski definition) is 1. The largest absolute Gasteiger partial charge is 0.304 e. The van der Waals surface area contributed by atoms with E-state index in [1.807, 2.05) is 6.07 Å². The van der Waals surface area contributed by atoms with Gasteiger partial charge in [0.1, 0.15) is 0 Å². The standard InChI is InChI=1S/C21H18N.Ir/c1-2-4-15-12(3-1)7-8-16-20-18-10-13-5-6-14(18)9-17(13)19(20)11-22-21(15)16;/h1-3,7-8,11,13-14,17-18H,5-6,9-10H2;/q-1;. The Balaban J connectivity index is 0.00000121. The van der Waals surface area contributed by atoms with Gasteiger partial charge in [-0.1, -0.05) is 12.1 Å². The van der Waals surface area contributed by atoms with E-state index in [2.05, 4.69) is 36.5 Å². The van der Waals surface area contributed by atoms with Gasteiger partial charge in [0, 0.05) is 26.3 Å². The van der Waals surface area contributed by atoms with Crippen LogP contribution in [0.2, 0.25) is 0 Å². The molecule has 0 spiro atoms. The molecule has 1 nitrogen and oxygen atoms in total. The Morgan fingerprint density at radius 2 is 1.83 bits per heavy atom. The van der Waals surface area contributed by atoms with Gasteiger partial charge in [-0.3, -0.25) is 0 Å². The van der Waals surface area contributed by atoms with Gasteiger partial charge in [-0.2, -0.15) is 0 Å². The van der Waals surface area contributed by atoms with Crippen molar-refractivity contribution in [3.63, 3.8) is 0 Å². The molecular weight excluding hydrogens is 458 g/mol. The molecule has 3 saturated carbocycles. The predicted octanol–water partition coefficient (Wildman–Crippen LogP) is 5.19. The minimum atomic E-state index is 0. The van der Waals surface area contributed by atoms with Crippen molar-refractivity contribution in [3.8, 4) is 0 Å². The van der Waals surface area contributed by atoms with E-state index in [1.165, 1.54) is 47.4 Å². The quantitative estimate of drug-likeness (QED) is 0.322. The molecule has 0 saturated heterocycles. The molecule has 8 rings (SSSR count). The smallest absolute Gasteiger partial charge is 0.0199 e. The number of nitrogens with zero attached hydrogens (tertiary/aromatic N) is 1. The van der Waals surface area contributed by atoms with Gasteiger partial charge in [0.25, 0.3) is 0 Å². The van der Waals surface area contributed by atoms with Gasteiger partial charge in [-0.25, -0.2) is 0 Å². The van der Waals surface area contributed by atoms with Crippen LogP contribution in [-0.4, -0.2) is 4.98 Å². The maximum atomic E-state index is 4.89. The number of hydrogen-bond donors (Lipinski definition) is 0. The molecule has 5 aliphatic rings. The summed E-state index contributed by atoms with van der Waals surface area (Å²) in [5.41, 5.74) is 4.40. The summed E-state index contributed by atoms with van der Waals surface area (Å²) >= 11 is 0.